The molecule has 5 nitrogen and oxygen atoms in total. The summed E-state index contributed by atoms with van der Waals surface area (Å²) in [6, 6.07) is 7.70. The molecule has 3 heterocycles. The van der Waals surface area contributed by atoms with Crippen molar-refractivity contribution in [1.29, 1.82) is 0 Å². The van der Waals surface area contributed by atoms with Crippen molar-refractivity contribution in [2.75, 3.05) is 5.73 Å². The van der Waals surface area contributed by atoms with E-state index in [4.69, 9.17) is 5.73 Å². The molecule has 0 saturated heterocycles. The van der Waals surface area contributed by atoms with Gasteiger partial charge in [-0.2, -0.15) is 5.10 Å². The Morgan fingerprint density at radius 3 is 2.81 bits per heavy atom. The average Bonchev–Trinajstić information content (AvgIpc) is 2.83. The minimum Gasteiger partial charge on any atom is -0.384 e. The molecule has 0 unspecified atom stereocenters. The second kappa shape index (κ2) is 3.10. The number of fused-ring (bicyclic) bond motifs is 1. The van der Waals surface area contributed by atoms with Crippen LogP contribution in [0.25, 0.3) is 17.0 Å². The number of hydrogen-bond donors (Lipinski definition) is 1. The molecule has 0 aromatic carbocycles. The van der Waals surface area contributed by atoms with Crippen LogP contribution in [-0.2, 0) is 7.05 Å². The van der Waals surface area contributed by atoms with Gasteiger partial charge in [0.15, 0.2) is 0 Å². The Hall–Kier alpha value is -2.30. The highest BCUT2D eigenvalue weighted by molar-refractivity contribution is 5.61. The summed E-state index contributed by atoms with van der Waals surface area (Å²) in [7, 11) is 1.81. The van der Waals surface area contributed by atoms with Gasteiger partial charge in [-0.3, -0.25) is 4.68 Å². The highest BCUT2D eigenvalue weighted by Crippen LogP contribution is 2.19. The summed E-state index contributed by atoms with van der Waals surface area (Å²) in [6.45, 7) is 0. The SMILES string of the molecule is Cn1nc(-c2cn3ccccc3n2)cc1N. The molecule has 0 radical (unpaired) electrons. The maximum absolute atomic E-state index is 5.74. The lowest BCUT2D eigenvalue weighted by Crippen LogP contribution is -1.96. The summed E-state index contributed by atoms with van der Waals surface area (Å²) >= 11 is 0. The first-order chi connectivity index (χ1) is 7.74. The number of nitrogens with two attached hydrogens (primary N) is 1. The van der Waals surface area contributed by atoms with E-state index in [0.29, 0.717) is 5.82 Å². The third kappa shape index (κ3) is 1.25. The van der Waals surface area contributed by atoms with Crippen LogP contribution in [0, 0.1) is 0 Å². The van der Waals surface area contributed by atoms with E-state index in [1.807, 2.05) is 48.1 Å². The van der Waals surface area contributed by atoms with E-state index < -0.39 is 0 Å². The molecule has 3 aromatic heterocycles. The lowest BCUT2D eigenvalue weighted by Gasteiger charge is -1.88. The fourth-order valence-electron chi connectivity index (χ4n) is 1.66. The molecule has 0 aliphatic carbocycles. The molecule has 0 amide bonds. The first kappa shape index (κ1) is 8.96. The normalized spacial score (nSPS) is 11.1. The Kier molecular flexibility index (Phi) is 1.73. The molecule has 0 saturated carbocycles. The summed E-state index contributed by atoms with van der Waals surface area (Å²) in [4.78, 5) is 4.47. The summed E-state index contributed by atoms with van der Waals surface area (Å²) in [5, 5.41) is 4.29. The van der Waals surface area contributed by atoms with E-state index >= 15 is 0 Å². The topological polar surface area (TPSA) is 61.1 Å². The highest BCUT2D eigenvalue weighted by Gasteiger charge is 2.08. The van der Waals surface area contributed by atoms with Crippen molar-refractivity contribution in [3.8, 4) is 11.4 Å². The van der Waals surface area contributed by atoms with E-state index in [1.165, 1.54) is 0 Å². The third-order valence-corrected chi connectivity index (χ3v) is 2.54. The van der Waals surface area contributed by atoms with Gasteiger partial charge in [0.05, 0.1) is 0 Å². The van der Waals surface area contributed by atoms with Crippen LogP contribution in [-0.4, -0.2) is 19.2 Å². The van der Waals surface area contributed by atoms with Gasteiger partial charge in [-0.1, -0.05) is 6.07 Å². The summed E-state index contributed by atoms with van der Waals surface area (Å²) in [6.07, 6.45) is 3.90. The van der Waals surface area contributed by atoms with Gasteiger partial charge < -0.3 is 10.1 Å². The predicted molar refractivity (Wildman–Crippen MR) is 61.8 cm³/mol. The minimum absolute atomic E-state index is 0.632. The molecule has 0 bridgehead atoms. The van der Waals surface area contributed by atoms with Crippen LogP contribution in [0.5, 0.6) is 0 Å². The molecule has 0 spiro atoms. The molecular weight excluding hydrogens is 202 g/mol. The smallest absolute Gasteiger partial charge is 0.137 e. The zero-order valence-electron chi connectivity index (χ0n) is 8.83. The maximum Gasteiger partial charge on any atom is 0.137 e. The first-order valence-corrected chi connectivity index (χ1v) is 4.98. The standard InChI is InChI=1S/C11H11N5/c1-15-10(12)6-8(14-15)9-7-16-5-3-2-4-11(16)13-9/h2-7H,12H2,1H3. The van der Waals surface area contributed by atoms with Crippen LogP contribution < -0.4 is 5.73 Å². The second-order valence-electron chi connectivity index (χ2n) is 3.67. The van der Waals surface area contributed by atoms with Crippen molar-refractivity contribution < 1.29 is 0 Å². The first-order valence-electron chi connectivity index (χ1n) is 4.98. The molecule has 0 atom stereocenters. The Labute approximate surface area is 92.1 Å². The molecule has 3 rings (SSSR count). The second-order valence-corrected chi connectivity index (χ2v) is 3.67. The number of anilines is 1. The highest BCUT2D eigenvalue weighted by atomic mass is 15.3. The number of rotatable bonds is 1. The van der Waals surface area contributed by atoms with Gasteiger partial charge in [-0.05, 0) is 12.1 Å². The number of hydrogen-bond acceptors (Lipinski definition) is 3. The minimum atomic E-state index is 0.632. The van der Waals surface area contributed by atoms with E-state index in [2.05, 4.69) is 10.1 Å². The molecular formula is C11H11N5. The van der Waals surface area contributed by atoms with Gasteiger partial charge in [0.1, 0.15) is 22.9 Å². The van der Waals surface area contributed by atoms with Crippen molar-refractivity contribution in [3.05, 3.63) is 36.7 Å². The zero-order chi connectivity index (χ0) is 11.1. The average molecular weight is 213 g/mol. The summed E-state index contributed by atoms with van der Waals surface area (Å²) in [5.41, 5.74) is 8.27. The fraction of sp³-hybridized carbons (Fsp3) is 0.0909. The lowest BCUT2D eigenvalue weighted by molar-refractivity contribution is 0.781. The van der Waals surface area contributed by atoms with Crippen molar-refractivity contribution >= 4 is 11.5 Å². The number of imidazole rings is 1. The Morgan fingerprint density at radius 1 is 1.25 bits per heavy atom. The van der Waals surface area contributed by atoms with Crippen molar-refractivity contribution in [2.24, 2.45) is 7.05 Å². The number of aromatic nitrogens is 4. The van der Waals surface area contributed by atoms with Gasteiger partial charge >= 0.3 is 0 Å². The quantitative estimate of drug-likeness (QED) is 0.663. The lowest BCUT2D eigenvalue weighted by atomic mass is 10.3. The van der Waals surface area contributed by atoms with Gasteiger partial charge in [-0.25, -0.2) is 4.98 Å². The van der Waals surface area contributed by atoms with Crippen molar-refractivity contribution in [1.82, 2.24) is 19.2 Å². The largest absolute Gasteiger partial charge is 0.384 e. The molecule has 3 aromatic rings. The van der Waals surface area contributed by atoms with E-state index in [0.717, 1.165) is 17.0 Å². The number of nitrogen functional groups attached to an aromatic ring is 1. The Bertz CT molecular complexity index is 597. The molecule has 80 valence electrons. The van der Waals surface area contributed by atoms with Crippen LogP contribution in [0.4, 0.5) is 5.82 Å². The maximum atomic E-state index is 5.74. The van der Waals surface area contributed by atoms with Gasteiger partial charge in [0.25, 0.3) is 0 Å². The van der Waals surface area contributed by atoms with Gasteiger partial charge in [-0.15, -0.1) is 0 Å². The predicted octanol–water partition coefficient (Wildman–Crippen LogP) is 1.32. The molecule has 16 heavy (non-hydrogen) atoms. The van der Waals surface area contributed by atoms with Crippen LogP contribution in [0.1, 0.15) is 0 Å². The molecule has 5 heteroatoms. The Balaban J connectivity index is 2.18. The van der Waals surface area contributed by atoms with Crippen molar-refractivity contribution in [2.45, 2.75) is 0 Å². The molecule has 0 aliphatic heterocycles. The molecule has 0 aliphatic rings. The van der Waals surface area contributed by atoms with Crippen LogP contribution >= 0.6 is 0 Å². The summed E-state index contributed by atoms with van der Waals surface area (Å²) < 4.78 is 3.60. The van der Waals surface area contributed by atoms with Crippen molar-refractivity contribution in [3.63, 3.8) is 0 Å². The number of pyridine rings is 1. The summed E-state index contributed by atoms with van der Waals surface area (Å²) in [5.74, 6) is 0.632. The van der Waals surface area contributed by atoms with Gasteiger partial charge in [0.2, 0.25) is 0 Å². The zero-order valence-corrected chi connectivity index (χ0v) is 8.83. The van der Waals surface area contributed by atoms with Crippen LogP contribution in [0.3, 0.4) is 0 Å². The van der Waals surface area contributed by atoms with E-state index in [1.54, 1.807) is 4.68 Å². The van der Waals surface area contributed by atoms with Gasteiger partial charge in [0, 0.05) is 25.5 Å². The van der Waals surface area contributed by atoms with Crippen LogP contribution in [0.2, 0.25) is 0 Å². The monoisotopic (exact) mass is 213 g/mol. The molecule has 0 fully saturated rings. The Morgan fingerprint density at radius 2 is 2.12 bits per heavy atom. The number of aryl methyl sites for hydroxylation is 1. The third-order valence-electron chi connectivity index (χ3n) is 2.54. The van der Waals surface area contributed by atoms with E-state index in [9.17, 15) is 0 Å². The fourth-order valence-corrected chi connectivity index (χ4v) is 1.66. The molecule has 2 N–H and O–H groups in total. The van der Waals surface area contributed by atoms with E-state index in [-0.39, 0.29) is 0 Å². The van der Waals surface area contributed by atoms with Crippen LogP contribution in [0.15, 0.2) is 36.7 Å². The number of nitrogens with zero attached hydrogens (tertiary/aromatic N) is 4.